The largest absolute Gasteiger partial charge is 0.385 e. The van der Waals surface area contributed by atoms with Crippen LogP contribution >= 0.6 is 0 Å². The molecule has 1 aliphatic heterocycles. The molecule has 168 valence electrons. The van der Waals surface area contributed by atoms with Gasteiger partial charge in [0.2, 0.25) is 5.91 Å². The number of methoxy groups -OCH3 is 1. The molecule has 31 heavy (non-hydrogen) atoms. The Bertz CT molecular complexity index is 856. The van der Waals surface area contributed by atoms with E-state index in [2.05, 4.69) is 59.7 Å². The van der Waals surface area contributed by atoms with Crippen molar-refractivity contribution in [2.45, 2.75) is 45.7 Å². The van der Waals surface area contributed by atoms with Gasteiger partial charge in [-0.05, 0) is 36.5 Å². The van der Waals surface area contributed by atoms with E-state index in [1.54, 1.807) is 7.11 Å². The van der Waals surface area contributed by atoms with Gasteiger partial charge in [-0.25, -0.2) is 4.98 Å². The molecule has 0 radical (unpaired) electrons. The van der Waals surface area contributed by atoms with Gasteiger partial charge in [-0.3, -0.25) is 9.69 Å². The number of amides is 1. The van der Waals surface area contributed by atoms with Gasteiger partial charge in [0.25, 0.3) is 0 Å². The third-order valence-corrected chi connectivity index (χ3v) is 5.69. The minimum atomic E-state index is -0.717. The van der Waals surface area contributed by atoms with Gasteiger partial charge in [-0.2, -0.15) is 0 Å². The van der Waals surface area contributed by atoms with Crippen LogP contribution in [0.2, 0.25) is 0 Å². The van der Waals surface area contributed by atoms with Crippen LogP contribution in [0, 0.1) is 5.92 Å². The van der Waals surface area contributed by atoms with Crippen molar-refractivity contribution in [2.75, 3.05) is 38.7 Å². The first-order valence-electron chi connectivity index (χ1n) is 11.2. The van der Waals surface area contributed by atoms with Gasteiger partial charge in [0.05, 0.1) is 5.69 Å². The number of carbonyl (C=O) groups excluding carboxylic acids is 1. The van der Waals surface area contributed by atoms with Crippen LogP contribution in [-0.2, 0) is 28.0 Å². The maximum absolute atomic E-state index is 13.4. The summed E-state index contributed by atoms with van der Waals surface area (Å²) in [5.74, 6) is 1.38. The predicted octanol–water partition coefficient (Wildman–Crippen LogP) is 3.58. The molecule has 3 rings (SSSR count). The Labute approximate surface area is 186 Å². The lowest BCUT2D eigenvalue weighted by Crippen LogP contribution is -2.53. The molecule has 1 aliphatic rings. The number of nitrogens with zero attached hydrogens (tertiary/aromatic N) is 2. The number of carbonyl (C=O) groups is 1. The second kappa shape index (κ2) is 10.7. The summed E-state index contributed by atoms with van der Waals surface area (Å²) in [7, 11) is 1.68. The average molecular weight is 425 g/mol. The van der Waals surface area contributed by atoms with Crippen molar-refractivity contribution in [1.82, 2.24) is 15.2 Å². The molecule has 2 N–H and O–H groups in total. The summed E-state index contributed by atoms with van der Waals surface area (Å²) in [6.07, 6.45) is 0.794. The number of pyridine rings is 1. The van der Waals surface area contributed by atoms with Crippen LogP contribution < -0.4 is 10.6 Å². The van der Waals surface area contributed by atoms with Gasteiger partial charge in [0, 0.05) is 46.4 Å². The molecule has 0 spiro atoms. The van der Waals surface area contributed by atoms with E-state index in [0.717, 1.165) is 43.1 Å². The maximum atomic E-state index is 13.4. The molecule has 6 heteroatoms. The number of fused-ring (bicyclic) bond motifs is 1. The number of nitrogens with one attached hydrogen (secondary N) is 2. The molecular formula is C25H36N4O2. The van der Waals surface area contributed by atoms with E-state index in [-0.39, 0.29) is 5.91 Å². The topological polar surface area (TPSA) is 66.5 Å². The van der Waals surface area contributed by atoms with Gasteiger partial charge < -0.3 is 15.4 Å². The number of aromatic nitrogens is 1. The second-order valence-electron chi connectivity index (χ2n) is 9.04. The number of benzene rings is 1. The van der Waals surface area contributed by atoms with Crippen LogP contribution in [0.5, 0.6) is 0 Å². The Kier molecular flexibility index (Phi) is 8.04. The Morgan fingerprint density at radius 1 is 1.23 bits per heavy atom. The lowest BCUT2D eigenvalue weighted by Gasteiger charge is -2.40. The van der Waals surface area contributed by atoms with Gasteiger partial charge in [0.1, 0.15) is 11.2 Å². The quantitative estimate of drug-likeness (QED) is 0.571. The van der Waals surface area contributed by atoms with Crippen molar-refractivity contribution >= 4 is 11.7 Å². The fraction of sp³-hybridized carbons (Fsp3) is 0.520. The molecule has 0 aliphatic carbocycles. The number of ether oxygens (including phenoxy) is 1. The Morgan fingerprint density at radius 2 is 2.00 bits per heavy atom. The minimum Gasteiger partial charge on any atom is -0.385 e. The lowest BCUT2D eigenvalue weighted by atomic mass is 9.79. The second-order valence-corrected chi connectivity index (χ2v) is 9.04. The molecule has 1 amide bonds. The maximum Gasteiger partial charge on any atom is 0.233 e. The minimum absolute atomic E-state index is 0.0242. The summed E-state index contributed by atoms with van der Waals surface area (Å²) in [6, 6.07) is 14.6. The lowest BCUT2D eigenvalue weighted by molar-refractivity contribution is -0.127. The first-order valence-corrected chi connectivity index (χ1v) is 11.2. The zero-order valence-corrected chi connectivity index (χ0v) is 19.3. The molecule has 2 aromatic rings. The summed E-state index contributed by atoms with van der Waals surface area (Å²) in [4.78, 5) is 20.6. The zero-order chi connectivity index (χ0) is 22.3. The highest BCUT2D eigenvalue weighted by molar-refractivity contribution is 5.88. The van der Waals surface area contributed by atoms with Gasteiger partial charge in [-0.1, -0.05) is 50.2 Å². The number of anilines is 1. The molecule has 2 heterocycles. The third-order valence-electron chi connectivity index (χ3n) is 5.69. The van der Waals surface area contributed by atoms with E-state index in [4.69, 9.17) is 9.72 Å². The van der Waals surface area contributed by atoms with Crippen molar-refractivity contribution in [3.63, 3.8) is 0 Å². The van der Waals surface area contributed by atoms with Crippen molar-refractivity contribution < 1.29 is 9.53 Å². The summed E-state index contributed by atoms with van der Waals surface area (Å²) >= 11 is 0. The molecule has 1 aromatic heterocycles. The van der Waals surface area contributed by atoms with Crippen LogP contribution in [0.25, 0.3) is 0 Å². The summed E-state index contributed by atoms with van der Waals surface area (Å²) in [6.45, 7) is 10.7. The first kappa shape index (κ1) is 23.2. The predicted molar refractivity (Wildman–Crippen MR) is 125 cm³/mol. The van der Waals surface area contributed by atoms with Crippen LogP contribution in [0.15, 0.2) is 42.5 Å². The molecule has 0 saturated carbocycles. The fourth-order valence-electron chi connectivity index (χ4n) is 4.07. The van der Waals surface area contributed by atoms with E-state index in [0.29, 0.717) is 25.6 Å². The molecule has 1 atom stereocenters. The monoisotopic (exact) mass is 424 g/mol. The standard InChI is InChI=1S/C25H36N4O2/c1-19(2)15-27-22-12-11-21-17-29(16-20-9-6-5-7-10-20)18-25(3,23(21)28-22)24(30)26-13-8-14-31-4/h5-7,9-12,19H,8,13-18H2,1-4H3,(H,26,30)(H,27,28). The van der Waals surface area contributed by atoms with Crippen LogP contribution in [0.3, 0.4) is 0 Å². The van der Waals surface area contributed by atoms with E-state index in [1.165, 1.54) is 5.56 Å². The van der Waals surface area contributed by atoms with Crippen molar-refractivity contribution in [1.29, 1.82) is 0 Å². The normalized spacial score (nSPS) is 18.6. The molecule has 0 bridgehead atoms. The smallest absolute Gasteiger partial charge is 0.233 e. The van der Waals surface area contributed by atoms with Gasteiger partial charge >= 0.3 is 0 Å². The van der Waals surface area contributed by atoms with Crippen molar-refractivity contribution in [3.05, 3.63) is 59.3 Å². The van der Waals surface area contributed by atoms with Crippen molar-refractivity contribution in [3.8, 4) is 0 Å². The van der Waals surface area contributed by atoms with Gasteiger partial charge in [-0.15, -0.1) is 0 Å². The molecule has 0 saturated heterocycles. The summed E-state index contributed by atoms with van der Waals surface area (Å²) in [5, 5.41) is 6.53. The molecule has 6 nitrogen and oxygen atoms in total. The fourth-order valence-corrected chi connectivity index (χ4v) is 4.07. The average Bonchev–Trinajstić information content (AvgIpc) is 2.76. The third kappa shape index (κ3) is 6.05. The number of hydrogen-bond donors (Lipinski definition) is 2. The van der Waals surface area contributed by atoms with E-state index >= 15 is 0 Å². The van der Waals surface area contributed by atoms with Gasteiger partial charge in [0.15, 0.2) is 0 Å². The van der Waals surface area contributed by atoms with E-state index in [1.807, 2.05) is 19.1 Å². The highest BCUT2D eigenvalue weighted by atomic mass is 16.5. The SMILES string of the molecule is COCCCNC(=O)C1(C)CN(Cc2ccccc2)Cc2ccc(NCC(C)C)nc21. The Hall–Kier alpha value is -2.44. The molecule has 1 unspecified atom stereocenters. The summed E-state index contributed by atoms with van der Waals surface area (Å²) < 4.78 is 5.12. The van der Waals surface area contributed by atoms with Crippen LogP contribution in [-0.4, -0.2) is 49.1 Å². The van der Waals surface area contributed by atoms with Crippen LogP contribution in [0.1, 0.15) is 44.0 Å². The Balaban J connectivity index is 1.85. The number of rotatable bonds is 10. The Morgan fingerprint density at radius 3 is 2.71 bits per heavy atom. The van der Waals surface area contributed by atoms with Crippen molar-refractivity contribution in [2.24, 2.45) is 5.92 Å². The highest BCUT2D eigenvalue weighted by Crippen LogP contribution is 2.34. The number of hydrogen-bond acceptors (Lipinski definition) is 5. The zero-order valence-electron chi connectivity index (χ0n) is 19.3. The first-order chi connectivity index (χ1) is 14.9. The van der Waals surface area contributed by atoms with Crippen LogP contribution in [0.4, 0.5) is 5.82 Å². The summed E-state index contributed by atoms with van der Waals surface area (Å²) in [5.41, 5.74) is 2.53. The molecule has 1 aromatic carbocycles. The molecule has 0 fully saturated rings. The van der Waals surface area contributed by atoms with E-state index in [9.17, 15) is 4.79 Å². The highest BCUT2D eigenvalue weighted by Gasteiger charge is 2.43. The van der Waals surface area contributed by atoms with E-state index < -0.39 is 5.41 Å². The molecular weight excluding hydrogens is 388 g/mol.